The van der Waals surface area contributed by atoms with Crippen LogP contribution in [0.15, 0.2) is 71.0 Å². The summed E-state index contributed by atoms with van der Waals surface area (Å²) in [6.45, 7) is 1.98. The van der Waals surface area contributed by atoms with Crippen molar-refractivity contribution in [3.8, 4) is 11.8 Å². The number of hydrogen-bond acceptors (Lipinski definition) is 4. The monoisotopic (exact) mass is 465 g/mol. The van der Waals surface area contributed by atoms with Gasteiger partial charge in [0.05, 0.1) is 6.25 Å². The van der Waals surface area contributed by atoms with Gasteiger partial charge in [-0.05, 0) is 42.8 Å². The lowest BCUT2D eigenvalue weighted by molar-refractivity contribution is -0.138. The molecule has 4 aromatic rings. The van der Waals surface area contributed by atoms with Gasteiger partial charge in [0, 0.05) is 29.1 Å². The fourth-order valence-electron chi connectivity index (χ4n) is 3.19. The highest BCUT2D eigenvalue weighted by molar-refractivity contribution is 7.91. The highest BCUT2D eigenvalue weighted by Gasteiger charge is 2.27. The molecule has 6 nitrogen and oxygen atoms in total. The molecule has 2 aromatic carbocycles. The van der Waals surface area contributed by atoms with Gasteiger partial charge in [0.25, 0.3) is 10.0 Å². The van der Waals surface area contributed by atoms with Crippen LogP contribution in [-0.2, 0) is 21.2 Å². The number of aliphatic carboxylic acids is 1. The van der Waals surface area contributed by atoms with Gasteiger partial charge in [0.15, 0.2) is 0 Å². The summed E-state index contributed by atoms with van der Waals surface area (Å²) in [6, 6.07) is 14.6. The molecule has 1 atom stereocenters. The summed E-state index contributed by atoms with van der Waals surface area (Å²) in [4.78, 5) is 15.4. The van der Waals surface area contributed by atoms with Gasteiger partial charge in [0.2, 0.25) is 0 Å². The van der Waals surface area contributed by atoms with Crippen LogP contribution in [0.1, 0.15) is 22.9 Å². The van der Waals surface area contributed by atoms with Crippen LogP contribution in [0.25, 0.3) is 10.9 Å². The quantitative estimate of drug-likeness (QED) is 0.376. The molecule has 0 aliphatic rings. The first-order chi connectivity index (χ1) is 15.7. The van der Waals surface area contributed by atoms with Gasteiger partial charge in [-0.1, -0.05) is 47.7 Å². The number of fused-ring (bicyclic) bond motifs is 1. The highest BCUT2D eigenvalue weighted by Crippen LogP contribution is 2.23. The van der Waals surface area contributed by atoms with Gasteiger partial charge in [-0.3, -0.25) is 4.79 Å². The molecule has 0 saturated heterocycles. The van der Waals surface area contributed by atoms with E-state index in [1.807, 2.05) is 31.2 Å². The number of benzene rings is 2. The molecular weight excluding hydrogens is 444 g/mol. The molecule has 0 aliphatic heterocycles. The molecule has 162 valence electrons. The smallest absolute Gasteiger partial charge is 0.322 e. The molecule has 3 N–H and O–H groups in total. The maximum Gasteiger partial charge on any atom is 0.322 e. The van der Waals surface area contributed by atoms with Crippen molar-refractivity contribution in [3.63, 3.8) is 0 Å². The molecule has 32 heavy (non-hydrogen) atoms. The Morgan fingerprint density at radius 1 is 1.19 bits per heavy atom. The molecule has 0 bridgehead atoms. The third-order valence-corrected chi connectivity index (χ3v) is 7.82. The predicted octanol–water partition coefficient (Wildman–Crippen LogP) is 3.91. The first kappa shape index (κ1) is 20.5. The molecule has 8 heteroatoms. The zero-order chi connectivity index (χ0) is 23.6. The number of sulfonamides is 1. The summed E-state index contributed by atoms with van der Waals surface area (Å²) in [5.74, 6) is 4.67. The van der Waals surface area contributed by atoms with Crippen LogP contribution in [0.4, 0.5) is 0 Å². The number of aromatic nitrogens is 1. The van der Waals surface area contributed by atoms with Gasteiger partial charge in [0.1, 0.15) is 10.3 Å². The molecule has 0 aliphatic carbocycles. The van der Waals surface area contributed by atoms with E-state index in [0.29, 0.717) is 22.0 Å². The van der Waals surface area contributed by atoms with Crippen molar-refractivity contribution in [2.75, 3.05) is 0 Å². The molecule has 0 unspecified atom stereocenters. The van der Waals surface area contributed by atoms with E-state index in [2.05, 4.69) is 21.5 Å². The van der Waals surface area contributed by atoms with E-state index in [9.17, 15) is 18.3 Å². The molecule has 4 rings (SSSR count). The minimum absolute atomic E-state index is 0.000249. The molecule has 0 spiro atoms. The van der Waals surface area contributed by atoms with Gasteiger partial charge in [-0.25, -0.2) is 8.42 Å². The Balaban J connectivity index is 1.52. The van der Waals surface area contributed by atoms with Crippen molar-refractivity contribution in [1.29, 1.82) is 0 Å². The van der Waals surface area contributed by atoms with E-state index in [0.717, 1.165) is 27.8 Å². The summed E-state index contributed by atoms with van der Waals surface area (Å²) in [5, 5.41) is 10.4. The fourth-order valence-corrected chi connectivity index (χ4v) is 5.55. The number of hydrogen-bond donors (Lipinski definition) is 3. The highest BCUT2D eigenvalue weighted by atomic mass is 32.2. The topological polar surface area (TPSA) is 99.3 Å². The van der Waals surface area contributed by atoms with E-state index in [1.54, 1.807) is 30.5 Å². The van der Waals surface area contributed by atoms with Crippen molar-refractivity contribution in [2.24, 2.45) is 0 Å². The molecular formula is C24H20N2O4S2. The maximum atomic E-state index is 12.9. The van der Waals surface area contributed by atoms with E-state index in [-0.39, 0.29) is 10.6 Å². The molecule has 2 heterocycles. The number of thiophene rings is 1. The third-order valence-electron chi connectivity index (χ3n) is 4.86. The zero-order valence-electron chi connectivity index (χ0n) is 18.0. The molecule has 0 fully saturated rings. The van der Waals surface area contributed by atoms with Crippen LogP contribution >= 0.6 is 11.3 Å². The van der Waals surface area contributed by atoms with Gasteiger partial charge < -0.3 is 10.1 Å². The first-order valence-electron chi connectivity index (χ1n) is 10.2. The summed E-state index contributed by atoms with van der Waals surface area (Å²) in [6.07, 6.45) is 1.59. The molecule has 0 amide bonds. The van der Waals surface area contributed by atoms with Crippen molar-refractivity contribution in [2.45, 2.75) is 23.6 Å². The number of carboxylic acids is 1. The van der Waals surface area contributed by atoms with Gasteiger partial charge in [-0.2, -0.15) is 4.72 Å². The minimum atomic E-state index is -4.06. The van der Waals surface area contributed by atoms with Crippen LogP contribution in [0.5, 0.6) is 0 Å². The number of aromatic amines is 1. The summed E-state index contributed by atoms with van der Waals surface area (Å²) in [5.41, 5.74) is 3.28. The van der Waals surface area contributed by atoms with Crippen LogP contribution in [0.3, 0.4) is 0 Å². The number of carbonyl (C=O) groups is 1. The first-order valence-corrected chi connectivity index (χ1v) is 12.0. The Kier molecular flexibility index (Phi) is 5.77. The Bertz CT molecular complexity index is 1490. The van der Waals surface area contributed by atoms with Crippen molar-refractivity contribution in [3.05, 3.63) is 88.4 Å². The number of rotatable bonds is 6. The summed E-state index contributed by atoms with van der Waals surface area (Å²) < 4.78 is 35.7. The minimum Gasteiger partial charge on any atom is -0.480 e. The third kappa shape index (κ3) is 4.92. The molecule has 2 aromatic heterocycles. The normalized spacial score (nSPS) is 12.7. The van der Waals surface area contributed by atoms with E-state index in [1.165, 1.54) is 6.07 Å². The van der Waals surface area contributed by atoms with Gasteiger partial charge >= 0.3 is 5.97 Å². The fraction of sp³-hybridized carbons (Fsp3) is 0.125. The largest absolute Gasteiger partial charge is 0.480 e. The number of para-hydroxylation sites is 1. The maximum absolute atomic E-state index is 12.9. The van der Waals surface area contributed by atoms with Crippen molar-refractivity contribution >= 4 is 38.2 Å². The summed E-state index contributed by atoms with van der Waals surface area (Å²) in [7, 11) is -4.06. The summed E-state index contributed by atoms with van der Waals surface area (Å²) >= 11 is 0.984. The number of carboxylic acid groups (broad SMARTS) is 1. The van der Waals surface area contributed by atoms with E-state index < -0.39 is 22.0 Å². The van der Waals surface area contributed by atoms with Crippen LogP contribution in [-0.4, -0.2) is 30.5 Å². The van der Waals surface area contributed by atoms with Crippen LogP contribution in [0.2, 0.25) is 0 Å². The van der Waals surface area contributed by atoms with Gasteiger partial charge in [-0.15, -0.1) is 11.3 Å². The number of nitrogens with one attached hydrogen (secondary N) is 2. The number of H-pyrrole nitrogens is 1. The Morgan fingerprint density at radius 2 is 1.97 bits per heavy atom. The molecule has 0 saturated carbocycles. The Morgan fingerprint density at radius 3 is 2.72 bits per heavy atom. The predicted molar refractivity (Wildman–Crippen MR) is 125 cm³/mol. The number of aryl methyl sites for hydroxylation is 1. The second kappa shape index (κ2) is 9.01. The lowest BCUT2D eigenvalue weighted by Crippen LogP contribution is -2.41. The Labute approximate surface area is 191 Å². The van der Waals surface area contributed by atoms with E-state index >= 15 is 0 Å². The lowest BCUT2D eigenvalue weighted by Gasteiger charge is -2.13. The zero-order valence-corrected chi connectivity index (χ0v) is 18.7. The van der Waals surface area contributed by atoms with Crippen molar-refractivity contribution in [1.82, 2.24) is 9.71 Å². The average Bonchev–Trinajstić information content (AvgIpc) is 3.40. The lowest BCUT2D eigenvalue weighted by atomic mass is 10.1. The average molecular weight is 466 g/mol. The standard InChI is InChI=1S/C24H20N2O4S2/c1-16-6-8-17(9-7-16)10-11-19-12-13-23(31-19)32(29,30)26-22(24(27)28)14-18-15-25-21-5-3-2-4-20(18)21/h2-9,12-13,15,22,25-26H,14H2,1H3,(H,27,28)/t22-/m1/s1/i3D. The molecule has 0 radical (unpaired) electrons. The van der Waals surface area contributed by atoms with Crippen molar-refractivity contribution < 1.29 is 19.7 Å². The SMILES string of the molecule is [2H]c1ccc2c(C[C@@H](NS(=O)(=O)c3ccc(C#Cc4ccc(C)cc4)s3)C(=O)O)c[nH]c2c1. The second-order valence-electron chi connectivity index (χ2n) is 7.24. The van der Waals surface area contributed by atoms with Crippen LogP contribution in [0, 0.1) is 18.8 Å². The Hall–Kier alpha value is -3.38. The second-order valence-corrected chi connectivity index (χ2v) is 10.3. The van der Waals surface area contributed by atoms with Crippen LogP contribution < -0.4 is 4.72 Å². The van der Waals surface area contributed by atoms with E-state index in [4.69, 9.17) is 1.37 Å².